The third-order valence-electron chi connectivity index (χ3n) is 1.15. The third kappa shape index (κ3) is 3.70. The van der Waals surface area contributed by atoms with Crippen LogP contribution in [-0.2, 0) is 29.4 Å². The molecule has 0 aliphatic heterocycles. The van der Waals surface area contributed by atoms with E-state index < -0.39 is 33.5 Å². The largest absolute Gasteiger partial charge is 0.469 e. The van der Waals surface area contributed by atoms with Crippen molar-refractivity contribution in [3.8, 4) is 0 Å². The van der Waals surface area contributed by atoms with Crippen LogP contribution in [0.5, 0.6) is 0 Å². The summed E-state index contributed by atoms with van der Waals surface area (Å²) in [4.78, 5) is 20.7. The highest BCUT2D eigenvalue weighted by Gasteiger charge is 2.18. The van der Waals surface area contributed by atoms with Gasteiger partial charge in [-0.1, -0.05) is 0 Å². The fourth-order valence-electron chi connectivity index (χ4n) is 0.516. The highest BCUT2D eigenvalue weighted by Crippen LogP contribution is 1.90. The molecule has 0 aromatic carbocycles. The van der Waals surface area contributed by atoms with Crippen molar-refractivity contribution in [1.82, 2.24) is 0 Å². The SMILES string of the molecule is COC(=O)CC(C(=O)OC)=S(=O)=O. The summed E-state index contributed by atoms with van der Waals surface area (Å²) >= 11 is 0. The molecule has 0 amide bonds. The predicted molar refractivity (Wildman–Crippen MR) is 42.6 cm³/mol. The molecule has 0 aromatic heterocycles. The zero-order valence-electron chi connectivity index (χ0n) is 7.06. The van der Waals surface area contributed by atoms with E-state index in [1.807, 2.05) is 0 Å². The summed E-state index contributed by atoms with van der Waals surface area (Å²) in [6.45, 7) is 0. The topological polar surface area (TPSA) is 86.7 Å². The van der Waals surface area contributed by atoms with Gasteiger partial charge in [0.15, 0.2) is 4.86 Å². The number of rotatable bonds is 3. The van der Waals surface area contributed by atoms with Crippen molar-refractivity contribution in [1.29, 1.82) is 0 Å². The molecule has 74 valence electrons. The molecule has 7 heteroatoms. The zero-order chi connectivity index (χ0) is 10.4. The van der Waals surface area contributed by atoms with Crippen molar-refractivity contribution in [3.05, 3.63) is 0 Å². The molecule has 0 unspecified atom stereocenters. The molecule has 0 radical (unpaired) electrons. The molecule has 0 bridgehead atoms. The van der Waals surface area contributed by atoms with Gasteiger partial charge in [0, 0.05) is 0 Å². The minimum Gasteiger partial charge on any atom is -0.469 e. The monoisotopic (exact) mass is 208 g/mol. The van der Waals surface area contributed by atoms with Crippen LogP contribution in [0, 0.1) is 0 Å². The highest BCUT2D eigenvalue weighted by molar-refractivity contribution is 7.74. The molecule has 0 saturated carbocycles. The van der Waals surface area contributed by atoms with Gasteiger partial charge in [-0.05, 0) is 0 Å². The van der Waals surface area contributed by atoms with Crippen LogP contribution < -0.4 is 0 Å². The van der Waals surface area contributed by atoms with Crippen LogP contribution in [0.25, 0.3) is 0 Å². The quantitative estimate of drug-likeness (QED) is 0.426. The van der Waals surface area contributed by atoms with Crippen molar-refractivity contribution in [2.45, 2.75) is 6.42 Å². The van der Waals surface area contributed by atoms with Crippen LogP contribution in [0.1, 0.15) is 6.42 Å². The number of esters is 2. The molecule has 6 nitrogen and oxygen atoms in total. The molecule has 0 aromatic rings. The fourth-order valence-corrected chi connectivity index (χ4v) is 0.971. The molecule has 0 aliphatic rings. The van der Waals surface area contributed by atoms with Crippen molar-refractivity contribution in [2.24, 2.45) is 0 Å². The maximum absolute atomic E-state index is 10.7. The number of carbonyl (C=O) groups excluding carboxylic acids is 2. The molecule has 13 heavy (non-hydrogen) atoms. The van der Waals surface area contributed by atoms with E-state index in [4.69, 9.17) is 0 Å². The first-order chi connectivity index (χ1) is 6.02. The number of hydrogen-bond acceptors (Lipinski definition) is 6. The van der Waals surface area contributed by atoms with Gasteiger partial charge in [-0.15, -0.1) is 0 Å². The second kappa shape index (κ2) is 5.31. The second-order valence-electron chi connectivity index (χ2n) is 1.90. The van der Waals surface area contributed by atoms with Crippen LogP contribution in [0.2, 0.25) is 0 Å². The molecule has 0 spiro atoms. The van der Waals surface area contributed by atoms with Gasteiger partial charge in [-0.25, -0.2) is 4.79 Å². The molecule has 0 fully saturated rings. The van der Waals surface area contributed by atoms with E-state index in [1.165, 1.54) is 0 Å². The third-order valence-corrected chi connectivity index (χ3v) is 1.86. The van der Waals surface area contributed by atoms with Crippen LogP contribution in [0.3, 0.4) is 0 Å². The maximum Gasteiger partial charge on any atom is 0.350 e. The van der Waals surface area contributed by atoms with Crippen molar-refractivity contribution < 1.29 is 27.5 Å². The van der Waals surface area contributed by atoms with E-state index in [2.05, 4.69) is 9.47 Å². The Kier molecular flexibility index (Phi) is 4.75. The molecule has 0 N–H and O–H groups in total. The van der Waals surface area contributed by atoms with Gasteiger partial charge >= 0.3 is 11.9 Å². The van der Waals surface area contributed by atoms with Crippen molar-refractivity contribution in [2.75, 3.05) is 14.2 Å². The van der Waals surface area contributed by atoms with Gasteiger partial charge in [0.05, 0.1) is 20.6 Å². The molecular formula is C6H8O6S. The standard InChI is InChI=1S/C6H8O6S/c1-11-5(7)3-4(13(9)10)6(8)12-2/h3H2,1-2H3. The molecule has 0 aliphatic carbocycles. The summed E-state index contributed by atoms with van der Waals surface area (Å²) < 4.78 is 29.1. The molecule has 0 heterocycles. The van der Waals surface area contributed by atoms with E-state index in [1.54, 1.807) is 0 Å². The first-order valence-corrected chi connectivity index (χ1v) is 4.20. The van der Waals surface area contributed by atoms with Gasteiger partial charge in [0.1, 0.15) is 0 Å². The average molecular weight is 208 g/mol. The lowest BCUT2D eigenvalue weighted by atomic mass is 10.3. The molecule has 0 saturated heterocycles. The van der Waals surface area contributed by atoms with Crippen LogP contribution in [0.4, 0.5) is 0 Å². The van der Waals surface area contributed by atoms with Gasteiger partial charge < -0.3 is 9.47 Å². The Morgan fingerprint density at radius 3 is 2.00 bits per heavy atom. The van der Waals surface area contributed by atoms with Crippen LogP contribution in [0.15, 0.2) is 0 Å². The molecule has 0 atom stereocenters. The van der Waals surface area contributed by atoms with E-state index in [0.717, 1.165) is 14.2 Å². The summed E-state index contributed by atoms with van der Waals surface area (Å²) in [6, 6.07) is 0. The lowest BCUT2D eigenvalue weighted by molar-refractivity contribution is -0.140. The van der Waals surface area contributed by atoms with Gasteiger partial charge in [0.2, 0.25) is 10.3 Å². The Hall–Kier alpha value is -1.37. The van der Waals surface area contributed by atoms with Gasteiger partial charge in [-0.3, -0.25) is 4.79 Å². The highest BCUT2D eigenvalue weighted by atomic mass is 32.2. The molecule has 0 rings (SSSR count). The Bertz CT molecular complexity index is 330. The fraction of sp³-hybridized carbons (Fsp3) is 0.500. The number of methoxy groups -OCH3 is 2. The second-order valence-corrected chi connectivity index (χ2v) is 2.86. The van der Waals surface area contributed by atoms with Crippen molar-refractivity contribution >= 4 is 27.1 Å². The lowest BCUT2D eigenvalue weighted by Gasteiger charge is -1.98. The first-order valence-electron chi connectivity index (χ1n) is 3.13. The Morgan fingerprint density at radius 2 is 1.69 bits per heavy atom. The Labute approximate surface area is 76.0 Å². The predicted octanol–water partition coefficient (Wildman–Crippen LogP) is -1.23. The van der Waals surface area contributed by atoms with Crippen LogP contribution >= 0.6 is 0 Å². The van der Waals surface area contributed by atoms with E-state index in [0.29, 0.717) is 0 Å². The summed E-state index contributed by atoms with van der Waals surface area (Å²) in [5.41, 5.74) is 0. The van der Waals surface area contributed by atoms with E-state index in [-0.39, 0.29) is 0 Å². The zero-order valence-corrected chi connectivity index (χ0v) is 7.88. The minimum absolute atomic E-state index is 0.612. The Balaban J connectivity index is 4.79. The maximum atomic E-state index is 10.7. The van der Waals surface area contributed by atoms with Gasteiger partial charge in [-0.2, -0.15) is 8.42 Å². The summed E-state index contributed by atoms with van der Waals surface area (Å²) in [6.07, 6.45) is -0.612. The van der Waals surface area contributed by atoms with Crippen molar-refractivity contribution in [3.63, 3.8) is 0 Å². The summed E-state index contributed by atoms with van der Waals surface area (Å²) in [7, 11) is -0.656. The van der Waals surface area contributed by atoms with E-state index in [9.17, 15) is 18.0 Å². The van der Waals surface area contributed by atoms with Gasteiger partial charge in [0.25, 0.3) is 0 Å². The lowest BCUT2D eigenvalue weighted by Crippen LogP contribution is -2.21. The average Bonchev–Trinajstić information content (AvgIpc) is 2.11. The number of hydrogen-bond donors (Lipinski definition) is 0. The summed E-state index contributed by atoms with van der Waals surface area (Å²) in [5, 5.41) is 0. The molecular weight excluding hydrogens is 200 g/mol. The Morgan fingerprint density at radius 1 is 1.15 bits per heavy atom. The number of ether oxygens (including phenoxy) is 2. The minimum atomic E-state index is -2.76. The summed E-state index contributed by atoms with van der Waals surface area (Å²) in [5.74, 6) is -1.87. The smallest absolute Gasteiger partial charge is 0.350 e. The van der Waals surface area contributed by atoms with Crippen LogP contribution in [-0.4, -0.2) is 39.4 Å². The first kappa shape index (κ1) is 11.6. The normalized spacial score (nSPS) is 8.77. The number of carbonyl (C=O) groups is 2. The van der Waals surface area contributed by atoms with E-state index >= 15 is 0 Å².